The van der Waals surface area contributed by atoms with Crippen LogP contribution in [-0.2, 0) is 23.1 Å². The fourth-order valence-corrected chi connectivity index (χ4v) is 4.93. The molecule has 0 spiro atoms. The van der Waals surface area contributed by atoms with Gasteiger partial charge in [-0.2, -0.15) is 0 Å². The molecule has 0 saturated heterocycles. The predicted molar refractivity (Wildman–Crippen MR) is 110 cm³/mol. The lowest BCUT2D eigenvalue weighted by Crippen LogP contribution is -2.38. The van der Waals surface area contributed by atoms with Gasteiger partial charge in [0.1, 0.15) is 0 Å². The number of ether oxygens (including phenoxy) is 1. The summed E-state index contributed by atoms with van der Waals surface area (Å²) in [6.07, 6.45) is 3.97. The maximum Gasteiger partial charge on any atom is 0.407 e. The zero-order valence-corrected chi connectivity index (χ0v) is 18.7. The van der Waals surface area contributed by atoms with Crippen LogP contribution in [-0.4, -0.2) is 33.7 Å². The van der Waals surface area contributed by atoms with Crippen molar-refractivity contribution in [3.8, 4) is 0 Å². The molecule has 0 aliphatic heterocycles. The molecule has 0 radical (unpaired) electrons. The number of carbonyl (C=O) groups is 1. The van der Waals surface area contributed by atoms with Crippen LogP contribution in [0.4, 0.5) is 4.79 Å². The van der Waals surface area contributed by atoms with Gasteiger partial charge in [-0.25, -0.2) is 9.48 Å². The van der Waals surface area contributed by atoms with E-state index in [4.69, 9.17) is 4.74 Å². The van der Waals surface area contributed by atoms with Crippen LogP contribution in [0.3, 0.4) is 0 Å². The van der Waals surface area contributed by atoms with Crippen LogP contribution in [0.25, 0.3) is 0 Å². The molecule has 1 aromatic rings. The van der Waals surface area contributed by atoms with Crippen molar-refractivity contribution in [1.29, 1.82) is 0 Å². The lowest BCUT2D eigenvalue weighted by atomic mass is 9.80. The van der Waals surface area contributed by atoms with Crippen molar-refractivity contribution in [2.45, 2.75) is 85.7 Å². The highest BCUT2D eigenvalue weighted by Gasteiger charge is 2.50. The molecule has 1 fully saturated rings. The molecular weight excluding hydrogens is 352 g/mol. The standard InChI is InChI=1S/C22H38N4O2/c1-13(2)15(5)22(6,7)26-20-11-9-17-16(8-10-19(20)24-25-26)18(17)12-28-21(27)23-14(3)4/h13-18H,8-12H2,1-7H3,(H,23,27). The van der Waals surface area contributed by atoms with E-state index in [0.29, 0.717) is 36.2 Å². The summed E-state index contributed by atoms with van der Waals surface area (Å²) in [5.41, 5.74) is 2.45. The Morgan fingerprint density at radius 2 is 1.82 bits per heavy atom. The molecule has 3 rings (SSSR count). The zero-order chi connectivity index (χ0) is 20.6. The minimum Gasteiger partial charge on any atom is -0.449 e. The average molecular weight is 391 g/mol. The van der Waals surface area contributed by atoms with Gasteiger partial charge in [-0.3, -0.25) is 0 Å². The Bertz CT molecular complexity index is 695. The predicted octanol–water partition coefficient (Wildman–Crippen LogP) is 4.18. The normalized spacial score (nSPS) is 25.5. The van der Waals surface area contributed by atoms with Crippen LogP contribution >= 0.6 is 0 Å². The smallest absolute Gasteiger partial charge is 0.407 e. The van der Waals surface area contributed by atoms with Crippen molar-refractivity contribution in [2.75, 3.05) is 6.61 Å². The highest BCUT2D eigenvalue weighted by Crippen LogP contribution is 2.53. The Labute approximate surface area is 169 Å². The fourth-order valence-electron chi connectivity index (χ4n) is 4.93. The molecule has 2 aliphatic rings. The molecule has 0 aromatic carbocycles. The quantitative estimate of drug-likeness (QED) is 0.791. The molecule has 6 heteroatoms. The molecule has 1 heterocycles. The first kappa shape index (κ1) is 21.1. The minimum atomic E-state index is -0.292. The van der Waals surface area contributed by atoms with Crippen LogP contribution in [0, 0.1) is 29.6 Å². The SMILES string of the molecule is CC(C)NC(=O)OCC1C2CCc3nnn(C(C)(C)C(C)C(C)C)c3CCC21. The van der Waals surface area contributed by atoms with Crippen LogP contribution in [0.1, 0.15) is 72.7 Å². The highest BCUT2D eigenvalue weighted by atomic mass is 16.5. The molecule has 0 bridgehead atoms. The van der Waals surface area contributed by atoms with Crippen molar-refractivity contribution < 1.29 is 9.53 Å². The highest BCUT2D eigenvalue weighted by molar-refractivity contribution is 5.67. The van der Waals surface area contributed by atoms with Gasteiger partial charge in [0.25, 0.3) is 0 Å². The zero-order valence-electron chi connectivity index (χ0n) is 18.7. The van der Waals surface area contributed by atoms with Crippen molar-refractivity contribution in [3.05, 3.63) is 11.4 Å². The summed E-state index contributed by atoms with van der Waals surface area (Å²) in [5, 5.41) is 12.0. The number of aryl methyl sites for hydroxylation is 1. The van der Waals surface area contributed by atoms with E-state index in [1.165, 1.54) is 11.4 Å². The molecule has 28 heavy (non-hydrogen) atoms. The van der Waals surface area contributed by atoms with Gasteiger partial charge in [0.15, 0.2) is 0 Å². The van der Waals surface area contributed by atoms with Gasteiger partial charge in [-0.15, -0.1) is 5.10 Å². The Hall–Kier alpha value is -1.59. The van der Waals surface area contributed by atoms with Gasteiger partial charge in [-0.1, -0.05) is 26.0 Å². The number of alkyl carbamates (subject to hydrolysis) is 1. The summed E-state index contributed by atoms with van der Waals surface area (Å²) >= 11 is 0. The van der Waals surface area contributed by atoms with Gasteiger partial charge >= 0.3 is 6.09 Å². The van der Waals surface area contributed by atoms with Gasteiger partial charge in [0.05, 0.1) is 23.5 Å². The van der Waals surface area contributed by atoms with E-state index in [9.17, 15) is 4.79 Å². The van der Waals surface area contributed by atoms with E-state index in [1.807, 2.05) is 13.8 Å². The summed E-state index contributed by atoms with van der Waals surface area (Å²) in [6, 6.07) is 0.112. The first-order valence-corrected chi connectivity index (χ1v) is 11.0. The van der Waals surface area contributed by atoms with Crippen molar-refractivity contribution >= 4 is 6.09 Å². The molecule has 4 atom stereocenters. The summed E-state index contributed by atoms with van der Waals surface area (Å²) in [5.74, 6) is 2.93. The monoisotopic (exact) mass is 390 g/mol. The van der Waals surface area contributed by atoms with Gasteiger partial charge in [0.2, 0.25) is 0 Å². The largest absolute Gasteiger partial charge is 0.449 e. The summed E-state index contributed by atoms with van der Waals surface area (Å²) in [4.78, 5) is 11.8. The number of nitrogens with one attached hydrogen (secondary N) is 1. The third-order valence-corrected chi connectivity index (χ3v) is 7.26. The van der Waals surface area contributed by atoms with Crippen LogP contribution in [0.2, 0.25) is 0 Å². The molecule has 2 aliphatic carbocycles. The lowest BCUT2D eigenvalue weighted by molar-refractivity contribution is 0.135. The Morgan fingerprint density at radius 1 is 1.18 bits per heavy atom. The number of hydrogen-bond donors (Lipinski definition) is 1. The lowest BCUT2D eigenvalue weighted by Gasteiger charge is -2.36. The molecule has 1 saturated carbocycles. The van der Waals surface area contributed by atoms with Crippen LogP contribution < -0.4 is 5.32 Å². The number of rotatable bonds is 6. The summed E-state index contributed by atoms with van der Waals surface area (Å²) in [7, 11) is 0. The number of nitrogens with zero attached hydrogens (tertiary/aromatic N) is 3. The molecule has 1 aromatic heterocycles. The summed E-state index contributed by atoms with van der Waals surface area (Å²) < 4.78 is 7.67. The Morgan fingerprint density at radius 3 is 2.43 bits per heavy atom. The molecule has 158 valence electrons. The van der Waals surface area contributed by atoms with Crippen LogP contribution in [0.15, 0.2) is 0 Å². The fraction of sp³-hybridized carbons (Fsp3) is 0.864. The second-order valence-corrected chi connectivity index (χ2v) is 10.0. The van der Waals surface area contributed by atoms with E-state index in [-0.39, 0.29) is 17.7 Å². The molecular formula is C22H38N4O2. The van der Waals surface area contributed by atoms with E-state index in [2.05, 4.69) is 54.9 Å². The maximum atomic E-state index is 11.8. The molecule has 6 nitrogen and oxygen atoms in total. The summed E-state index contributed by atoms with van der Waals surface area (Å²) in [6.45, 7) is 15.9. The third-order valence-electron chi connectivity index (χ3n) is 7.26. The van der Waals surface area contributed by atoms with Gasteiger partial charge in [-0.05, 0) is 83.0 Å². The second kappa shape index (κ2) is 8.03. The molecule has 1 amide bonds. The maximum absolute atomic E-state index is 11.8. The Kier molecular flexibility index (Phi) is 6.06. The number of hydrogen-bond acceptors (Lipinski definition) is 4. The van der Waals surface area contributed by atoms with E-state index >= 15 is 0 Å². The van der Waals surface area contributed by atoms with E-state index < -0.39 is 0 Å². The number of aromatic nitrogens is 3. The molecule has 4 unspecified atom stereocenters. The van der Waals surface area contributed by atoms with Crippen molar-refractivity contribution in [1.82, 2.24) is 20.3 Å². The van der Waals surface area contributed by atoms with E-state index in [0.717, 1.165) is 25.7 Å². The topological polar surface area (TPSA) is 69.0 Å². The first-order chi connectivity index (χ1) is 13.1. The second-order valence-electron chi connectivity index (χ2n) is 10.0. The first-order valence-electron chi connectivity index (χ1n) is 11.0. The van der Waals surface area contributed by atoms with Crippen molar-refractivity contribution in [2.24, 2.45) is 29.6 Å². The minimum absolute atomic E-state index is 0.0473. The average Bonchev–Trinajstić information content (AvgIpc) is 3.07. The van der Waals surface area contributed by atoms with Crippen LogP contribution in [0.5, 0.6) is 0 Å². The molecule has 1 N–H and O–H groups in total. The number of fused-ring (bicyclic) bond motifs is 2. The van der Waals surface area contributed by atoms with Crippen molar-refractivity contribution in [3.63, 3.8) is 0 Å². The van der Waals surface area contributed by atoms with E-state index in [1.54, 1.807) is 0 Å². The number of carbonyl (C=O) groups excluding carboxylic acids is 1. The van der Waals surface area contributed by atoms with Gasteiger partial charge in [0, 0.05) is 6.04 Å². The van der Waals surface area contributed by atoms with Gasteiger partial charge < -0.3 is 10.1 Å². The third kappa shape index (κ3) is 4.20. The number of amides is 1. The Balaban J connectivity index is 1.64.